The van der Waals surface area contributed by atoms with Crippen molar-refractivity contribution in [1.29, 1.82) is 0 Å². The Hall–Kier alpha value is -1.30. The van der Waals surface area contributed by atoms with E-state index in [9.17, 15) is 9.59 Å². The van der Waals surface area contributed by atoms with Gasteiger partial charge in [-0.15, -0.1) is 24.0 Å². The molecule has 0 bridgehead atoms. The van der Waals surface area contributed by atoms with Crippen molar-refractivity contribution in [3.63, 3.8) is 0 Å². The molecule has 3 heterocycles. The maximum atomic E-state index is 12.3. The fourth-order valence-electron chi connectivity index (χ4n) is 3.74. The molecule has 2 fully saturated rings. The maximum Gasteiger partial charge on any atom is 0.410 e. The van der Waals surface area contributed by atoms with Crippen LogP contribution in [0.5, 0.6) is 0 Å². The number of guanidine groups is 1. The molecule has 160 valence electrons. The van der Waals surface area contributed by atoms with Crippen molar-refractivity contribution < 1.29 is 19.1 Å². The van der Waals surface area contributed by atoms with Crippen molar-refractivity contribution in [3.8, 4) is 0 Å². The molecule has 28 heavy (non-hydrogen) atoms. The molecule has 3 aliphatic heterocycles. The fourth-order valence-corrected chi connectivity index (χ4v) is 3.74. The third-order valence-electron chi connectivity index (χ3n) is 5.42. The summed E-state index contributed by atoms with van der Waals surface area (Å²) in [5.74, 6) is 0.499. The molecule has 0 radical (unpaired) electrons. The Kier molecular flexibility index (Phi) is 7.40. The molecule has 2 saturated heterocycles. The van der Waals surface area contributed by atoms with Crippen molar-refractivity contribution in [1.82, 2.24) is 15.1 Å². The summed E-state index contributed by atoms with van der Waals surface area (Å²) in [6.45, 7) is 9.63. The number of nitrogens with zero attached hydrogens (tertiary/aromatic N) is 3. The lowest BCUT2D eigenvalue weighted by atomic mass is 9.79. The second-order valence-electron chi connectivity index (χ2n) is 8.55. The lowest BCUT2D eigenvalue weighted by Gasteiger charge is -2.40. The van der Waals surface area contributed by atoms with Gasteiger partial charge >= 0.3 is 6.09 Å². The number of hydrogen-bond acceptors (Lipinski definition) is 7. The van der Waals surface area contributed by atoms with Gasteiger partial charge in [-0.2, -0.15) is 0 Å². The van der Waals surface area contributed by atoms with Crippen LogP contribution in [0.2, 0.25) is 0 Å². The van der Waals surface area contributed by atoms with E-state index in [-0.39, 0.29) is 42.0 Å². The predicted molar refractivity (Wildman–Crippen MR) is 116 cm³/mol. The van der Waals surface area contributed by atoms with Crippen LogP contribution in [0.1, 0.15) is 33.6 Å². The highest BCUT2D eigenvalue weighted by molar-refractivity contribution is 14.0. The minimum Gasteiger partial charge on any atom is -0.444 e. The molecule has 0 aromatic carbocycles. The SMILES string of the molecule is CC(C)(C)OC(=O)N1CCN2C(NCC3(C(N)=O)CCOCC3)=NCC2C1.I. The third-order valence-corrected chi connectivity index (χ3v) is 5.42. The normalized spacial score (nSPS) is 24.0. The summed E-state index contributed by atoms with van der Waals surface area (Å²) in [5.41, 5.74) is 4.59. The number of carbonyl (C=O) groups excluding carboxylic acids is 2. The van der Waals surface area contributed by atoms with Gasteiger partial charge in [0.1, 0.15) is 5.60 Å². The van der Waals surface area contributed by atoms with E-state index < -0.39 is 11.0 Å². The highest BCUT2D eigenvalue weighted by Crippen LogP contribution is 2.29. The van der Waals surface area contributed by atoms with E-state index in [0.29, 0.717) is 58.8 Å². The third kappa shape index (κ3) is 5.19. The molecule has 10 heteroatoms. The quantitative estimate of drug-likeness (QED) is 0.544. The topological polar surface area (TPSA) is 109 Å². The molecule has 0 aliphatic carbocycles. The van der Waals surface area contributed by atoms with Crippen LogP contribution in [0.3, 0.4) is 0 Å². The van der Waals surface area contributed by atoms with Crippen LogP contribution >= 0.6 is 24.0 Å². The molecule has 0 aromatic rings. The Morgan fingerprint density at radius 3 is 2.61 bits per heavy atom. The van der Waals surface area contributed by atoms with Crippen molar-refractivity contribution in [2.45, 2.75) is 45.3 Å². The number of piperazine rings is 1. The Morgan fingerprint density at radius 1 is 1.32 bits per heavy atom. The molecular formula is C18H32IN5O4. The van der Waals surface area contributed by atoms with Crippen LogP contribution in [0.15, 0.2) is 4.99 Å². The van der Waals surface area contributed by atoms with Gasteiger partial charge in [0.15, 0.2) is 5.96 Å². The average molecular weight is 509 g/mol. The van der Waals surface area contributed by atoms with Gasteiger partial charge in [0.05, 0.1) is 18.0 Å². The van der Waals surface area contributed by atoms with Gasteiger partial charge in [-0.05, 0) is 33.6 Å². The number of nitrogens with two attached hydrogens (primary N) is 1. The van der Waals surface area contributed by atoms with Crippen LogP contribution in [0.25, 0.3) is 0 Å². The van der Waals surface area contributed by atoms with Crippen LogP contribution in [0.4, 0.5) is 4.79 Å². The maximum absolute atomic E-state index is 12.3. The Morgan fingerprint density at radius 2 is 2.00 bits per heavy atom. The summed E-state index contributed by atoms with van der Waals surface area (Å²) >= 11 is 0. The second kappa shape index (κ2) is 9.02. The largest absolute Gasteiger partial charge is 0.444 e. The van der Waals surface area contributed by atoms with Crippen molar-refractivity contribution >= 4 is 41.9 Å². The van der Waals surface area contributed by atoms with E-state index in [1.165, 1.54) is 0 Å². The lowest BCUT2D eigenvalue weighted by molar-refractivity contribution is -0.132. The molecule has 3 aliphatic rings. The Bertz CT molecular complexity index is 616. The summed E-state index contributed by atoms with van der Waals surface area (Å²) < 4.78 is 10.8. The van der Waals surface area contributed by atoms with E-state index in [1.807, 2.05) is 20.8 Å². The van der Waals surface area contributed by atoms with Gasteiger partial charge in [-0.25, -0.2) is 4.79 Å². The number of hydrogen-bond donors (Lipinski definition) is 2. The first-order valence-electron chi connectivity index (χ1n) is 9.61. The standard InChI is InChI=1S/C18H31N5O4.HI/c1-17(2,3)27-16(25)22-6-7-23-13(11-22)10-20-15(23)21-12-18(14(19)24)4-8-26-9-5-18;/h13H,4-12H2,1-3H3,(H2,19,24)(H,20,21);1H. The number of fused-ring (bicyclic) bond motifs is 1. The minimum atomic E-state index is -0.586. The summed E-state index contributed by atoms with van der Waals surface area (Å²) in [6.07, 6.45) is 0.968. The fraction of sp³-hybridized carbons (Fsp3) is 0.833. The second-order valence-corrected chi connectivity index (χ2v) is 8.55. The molecule has 1 atom stereocenters. The molecule has 9 nitrogen and oxygen atoms in total. The van der Waals surface area contributed by atoms with Crippen molar-refractivity contribution in [2.75, 3.05) is 45.9 Å². The smallest absolute Gasteiger partial charge is 0.410 e. The first-order chi connectivity index (χ1) is 12.7. The van der Waals surface area contributed by atoms with Crippen LogP contribution in [-0.4, -0.2) is 85.3 Å². The molecule has 1 unspecified atom stereocenters. The number of ether oxygens (including phenoxy) is 2. The van der Waals surface area contributed by atoms with Crippen LogP contribution in [-0.2, 0) is 14.3 Å². The van der Waals surface area contributed by atoms with Crippen molar-refractivity contribution in [2.24, 2.45) is 16.1 Å². The Labute approximate surface area is 183 Å². The highest BCUT2D eigenvalue weighted by atomic mass is 127. The molecule has 0 aromatic heterocycles. The van der Waals surface area contributed by atoms with Crippen LogP contribution < -0.4 is 11.1 Å². The molecule has 3 rings (SSSR count). The highest BCUT2D eigenvalue weighted by Gasteiger charge is 2.41. The monoisotopic (exact) mass is 509 g/mol. The van der Waals surface area contributed by atoms with Gasteiger partial charge in [0.25, 0.3) is 0 Å². The van der Waals surface area contributed by atoms with Gasteiger partial charge in [0, 0.05) is 39.4 Å². The van der Waals surface area contributed by atoms with E-state index in [1.54, 1.807) is 4.90 Å². The zero-order valence-electron chi connectivity index (χ0n) is 16.9. The molecular weight excluding hydrogens is 477 g/mol. The predicted octanol–water partition coefficient (Wildman–Crippen LogP) is 0.767. The number of amides is 2. The molecule has 3 N–H and O–H groups in total. The number of rotatable bonds is 3. The van der Waals surface area contributed by atoms with E-state index in [0.717, 1.165) is 5.96 Å². The minimum absolute atomic E-state index is 0. The number of carbonyl (C=O) groups is 2. The van der Waals surface area contributed by atoms with Crippen molar-refractivity contribution in [3.05, 3.63) is 0 Å². The van der Waals surface area contributed by atoms with E-state index in [2.05, 4.69) is 15.2 Å². The molecule has 0 saturated carbocycles. The number of aliphatic imine (C=N–C) groups is 1. The summed E-state index contributed by atoms with van der Waals surface area (Å²) in [7, 11) is 0. The zero-order valence-corrected chi connectivity index (χ0v) is 19.2. The summed E-state index contributed by atoms with van der Waals surface area (Å²) in [4.78, 5) is 32.8. The number of nitrogens with one attached hydrogen (secondary N) is 1. The van der Waals surface area contributed by atoms with Crippen LogP contribution in [0, 0.1) is 5.41 Å². The number of halogens is 1. The average Bonchev–Trinajstić information content (AvgIpc) is 3.01. The molecule has 0 spiro atoms. The van der Waals surface area contributed by atoms with Gasteiger partial charge in [0.2, 0.25) is 5.91 Å². The van der Waals surface area contributed by atoms with E-state index in [4.69, 9.17) is 15.2 Å². The lowest BCUT2D eigenvalue weighted by Crippen LogP contribution is -2.59. The first-order valence-corrected chi connectivity index (χ1v) is 9.61. The van der Waals surface area contributed by atoms with Gasteiger partial charge in [-0.3, -0.25) is 9.79 Å². The zero-order chi connectivity index (χ0) is 19.7. The van der Waals surface area contributed by atoms with Gasteiger partial charge < -0.3 is 30.3 Å². The summed E-state index contributed by atoms with van der Waals surface area (Å²) in [5, 5.41) is 3.34. The molecule has 2 amide bonds. The van der Waals surface area contributed by atoms with Gasteiger partial charge in [-0.1, -0.05) is 0 Å². The Balaban J connectivity index is 0.00000280. The van der Waals surface area contributed by atoms with E-state index >= 15 is 0 Å². The first kappa shape index (κ1) is 23.0. The number of primary amides is 1. The summed E-state index contributed by atoms with van der Waals surface area (Å²) in [6, 6.07) is 0.132.